The number of fused-ring (bicyclic) bond motifs is 1. The van der Waals surface area contributed by atoms with Gasteiger partial charge in [-0.05, 0) is 80.8 Å². The fourth-order valence-electron chi connectivity index (χ4n) is 4.77. The van der Waals surface area contributed by atoms with Crippen LogP contribution in [0.3, 0.4) is 0 Å². The Hall–Kier alpha value is -4.18. The molecule has 0 aliphatic rings. The Morgan fingerprint density at radius 1 is 0.814 bits per heavy atom. The molecule has 0 spiro atoms. The van der Waals surface area contributed by atoms with Crippen molar-refractivity contribution in [1.29, 1.82) is 0 Å². The Bertz CT molecular complexity index is 1850. The first-order chi connectivity index (χ1) is 20.8. The smallest absolute Gasteiger partial charge is 0.240 e. The molecule has 0 fully saturated rings. The van der Waals surface area contributed by atoms with E-state index in [1.165, 1.54) is 0 Å². The van der Waals surface area contributed by atoms with Crippen LogP contribution in [0.25, 0.3) is 22.0 Å². The predicted octanol–water partition coefficient (Wildman–Crippen LogP) is 7.32. The third kappa shape index (κ3) is 7.07. The highest BCUT2D eigenvalue weighted by molar-refractivity contribution is 7.89. The molecule has 0 unspecified atom stereocenters. The molecule has 222 valence electrons. The third-order valence-electron chi connectivity index (χ3n) is 6.86. The number of halogens is 1. The average molecular weight is 617 g/mol. The molecule has 0 bridgehead atoms. The molecule has 1 heterocycles. The Balaban J connectivity index is 1.38. The van der Waals surface area contributed by atoms with Gasteiger partial charge in [0.05, 0.1) is 18.1 Å². The first-order valence-electron chi connectivity index (χ1n) is 14.1. The second-order valence-electron chi connectivity index (χ2n) is 9.85. The Morgan fingerprint density at radius 3 is 2.28 bits per heavy atom. The van der Waals surface area contributed by atoms with E-state index in [9.17, 15) is 8.42 Å². The van der Waals surface area contributed by atoms with Gasteiger partial charge >= 0.3 is 0 Å². The number of nitrogens with zero attached hydrogens (tertiary/aromatic N) is 2. The van der Waals surface area contributed by atoms with Crippen LogP contribution in [0, 0.1) is 6.92 Å². The lowest BCUT2D eigenvalue weighted by molar-refractivity contribution is 0.287. The van der Waals surface area contributed by atoms with Gasteiger partial charge in [0, 0.05) is 33.6 Å². The second-order valence-corrected chi connectivity index (χ2v) is 12.0. The van der Waals surface area contributed by atoms with Crippen molar-refractivity contribution >= 4 is 43.9 Å². The Kier molecular flexibility index (Phi) is 9.45. The van der Waals surface area contributed by atoms with Gasteiger partial charge in [0.15, 0.2) is 17.3 Å². The molecule has 4 aromatic carbocycles. The molecule has 2 N–H and O–H groups in total. The molecular weight excluding hydrogens is 584 g/mol. The molecule has 0 radical (unpaired) electrons. The number of ether oxygens (including phenoxy) is 2. The largest absolute Gasteiger partial charge is 0.490 e. The first-order valence-corrected chi connectivity index (χ1v) is 15.9. The minimum Gasteiger partial charge on any atom is -0.490 e. The normalized spacial score (nSPS) is 11.4. The van der Waals surface area contributed by atoms with Crippen molar-refractivity contribution in [3.8, 4) is 22.8 Å². The van der Waals surface area contributed by atoms with E-state index in [0.29, 0.717) is 58.8 Å². The van der Waals surface area contributed by atoms with Crippen LogP contribution in [0.15, 0.2) is 89.8 Å². The van der Waals surface area contributed by atoms with E-state index in [1.807, 2.05) is 74.5 Å². The molecular formula is C33H33ClN4O4S. The van der Waals surface area contributed by atoms with E-state index in [0.717, 1.165) is 22.0 Å². The number of hydrogen-bond donors (Lipinski definition) is 2. The van der Waals surface area contributed by atoms with Crippen molar-refractivity contribution in [1.82, 2.24) is 14.9 Å². The number of hydrogen-bond acceptors (Lipinski definition) is 7. The van der Waals surface area contributed by atoms with Gasteiger partial charge in [0.25, 0.3) is 0 Å². The van der Waals surface area contributed by atoms with Crippen molar-refractivity contribution in [3.05, 3.63) is 101 Å². The van der Waals surface area contributed by atoms with Crippen LogP contribution in [0.4, 0.5) is 11.5 Å². The zero-order chi connectivity index (χ0) is 30.4. The molecule has 0 atom stereocenters. The van der Waals surface area contributed by atoms with E-state index in [4.69, 9.17) is 21.1 Å². The van der Waals surface area contributed by atoms with E-state index in [2.05, 4.69) is 20.2 Å². The highest BCUT2D eigenvalue weighted by Crippen LogP contribution is 2.33. The molecule has 0 saturated carbocycles. The molecule has 8 nitrogen and oxygen atoms in total. The van der Waals surface area contributed by atoms with Gasteiger partial charge in [0.2, 0.25) is 10.0 Å². The van der Waals surface area contributed by atoms with E-state index in [1.54, 1.807) is 31.2 Å². The maximum atomic E-state index is 13.5. The van der Waals surface area contributed by atoms with Gasteiger partial charge < -0.3 is 14.8 Å². The maximum absolute atomic E-state index is 13.5. The van der Waals surface area contributed by atoms with Gasteiger partial charge in [-0.15, -0.1) is 10.2 Å². The fourth-order valence-corrected chi connectivity index (χ4v) is 6.20. The minimum atomic E-state index is -3.81. The average Bonchev–Trinajstić information content (AvgIpc) is 3.00. The van der Waals surface area contributed by atoms with Gasteiger partial charge in [-0.25, -0.2) is 13.1 Å². The van der Waals surface area contributed by atoms with Crippen molar-refractivity contribution < 1.29 is 17.9 Å². The Morgan fingerprint density at radius 2 is 1.53 bits per heavy atom. The van der Waals surface area contributed by atoms with Crippen LogP contribution >= 0.6 is 11.6 Å². The zero-order valence-corrected chi connectivity index (χ0v) is 25.8. The molecule has 10 heteroatoms. The van der Waals surface area contributed by atoms with Crippen LogP contribution < -0.4 is 19.5 Å². The molecule has 5 rings (SSSR count). The summed E-state index contributed by atoms with van der Waals surface area (Å²) in [4.78, 5) is 0.195. The number of nitrogens with one attached hydrogen (secondary N) is 2. The van der Waals surface area contributed by atoms with E-state index < -0.39 is 10.0 Å². The molecule has 0 saturated heterocycles. The van der Waals surface area contributed by atoms with Crippen LogP contribution in [-0.2, 0) is 16.4 Å². The lowest BCUT2D eigenvalue weighted by Gasteiger charge is -2.14. The highest BCUT2D eigenvalue weighted by atomic mass is 35.5. The summed E-state index contributed by atoms with van der Waals surface area (Å²) in [5.41, 5.74) is 3.64. The summed E-state index contributed by atoms with van der Waals surface area (Å²) in [6.07, 6.45) is 0.489. The van der Waals surface area contributed by atoms with Gasteiger partial charge in [-0.2, -0.15) is 0 Å². The van der Waals surface area contributed by atoms with Crippen molar-refractivity contribution in [3.63, 3.8) is 0 Å². The molecule has 5 aromatic rings. The summed E-state index contributed by atoms with van der Waals surface area (Å²) >= 11 is 6.03. The van der Waals surface area contributed by atoms with Crippen molar-refractivity contribution in [2.75, 3.05) is 25.1 Å². The summed E-state index contributed by atoms with van der Waals surface area (Å²) in [5.74, 6) is 1.91. The van der Waals surface area contributed by atoms with Crippen molar-refractivity contribution in [2.24, 2.45) is 0 Å². The van der Waals surface area contributed by atoms with E-state index in [-0.39, 0.29) is 11.4 Å². The highest BCUT2D eigenvalue weighted by Gasteiger charge is 2.20. The van der Waals surface area contributed by atoms with Crippen LogP contribution in [0.2, 0.25) is 5.02 Å². The first kappa shape index (κ1) is 30.3. The molecule has 0 aliphatic heterocycles. The third-order valence-corrected chi connectivity index (χ3v) is 8.71. The van der Waals surface area contributed by atoms with Crippen LogP contribution in [0.5, 0.6) is 11.5 Å². The summed E-state index contributed by atoms with van der Waals surface area (Å²) in [7, 11) is -3.81. The number of aryl methyl sites for hydroxylation is 1. The SMILES string of the molecule is CCOc1ccc(CCNS(=O)(=O)c2cc(-c3nnc(Nc4ccc(Cl)cc4)c4ccccc34)ccc2C)cc1OCC. The van der Waals surface area contributed by atoms with Crippen LogP contribution in [0.1, 0.15) is 25.0 Å². The lowest BCUT2D eigenvalue weighted by atomic mass is 10.0. The second kappa shape index (κ2) is 13.4. The number of benzene rings is 4. The lowest BCUT2D eigenvalue weighted by Crippen LogP contribution is -2.26. The van der Waals surface area contributed by atoms with Gasteiger partial charge in [-0.1, -0.05) is 54.1 Å². The zero-order valence-electron chi connectivity index (χ0n) is 24.2. The monoisotopic (exact) mass is 616 g/mol. The summed E-state index contributed by atoms with van der Waals surface area (Å²) < 4.78 is 41.0. The van der Waals surface area contributed by atoms with E-state index >= 15 is 0 Å². The van der Waals surface area contributed by atoms with Crippen molar-refractivity contribution in [2.45, 2.75) is 32.1 Å². The predicted molar refractivity (Wildman–Crippen MR) is 172 cm³/mol. The molecule has 1 aromatic heterocycles. The number of sulfonamides is 1. The molecule has 0 aliphatic carbocycles. The minimum absolute atomic E-state index is 0.195. The number of rotatable bonds is 12. The molecule has 43 heavy (non-hydrogen) atoms. The summed E-state index contributed by atoms with van der Waals surface area (Å²) in [6, 6.07) is 26.1. The standard InChI is InChI=1S/C33H33ClN4O4S/c1-4-41-29-17-11-23(20-30(29)42-5-2)18-19-35-43(39,40)31-21-24(12-10-22(31)3)32-27-8-6-7-9-28(27)33(38-37-32)36-26-15-13-25(34)14-16-26/h6-17,20-21,35H,4-5,18-19H2,1-3H3,(H,36,38). The van der Waals surface area contributed by atoms with Crippen LogP contribution in [-0.4, -0.2) is 38.4 Å². The maximum Gasteiger partial charge on any atom is 0.240 e. The number of aromatic nitrogens is 2. The quantitative estimate of drug-likeness (QED) is 0.151. The van der Waals surface area contributed by atoms with Gasteiger partial charge in [-0.3, -0.25) is 0 Å². The topological polar surface area (TPSA) is 102 Å². The summed E-state index contributed by atoms with van der Waals surface area (Å²) in [6.45, 7) is 6.87. The molecule has 0 amide bonds. The number of anilines is 2. The Labute approximate surface area is 257 Å². The fraction of sp³-hybridized carbons (Fsp3) is 0.212. The van der Waals surface area contributed by atoms with Gasteiger partial charge in [0.1, 0.15) is 5.69 Å². The summed E-state index contributed by atoms with van der Waals surface area (Å²) in [5, 5.41) is 14.6.